The van der Waals surface area contributed by atoms with Gasteiger partial charge in [0.05, 0.1) is 0 Å². The van der Waals surface area contributed by atoms with Gasteiger partial charge in [0.1, 0.15) is 5.75 Å². The molecule has 1 aromatic carbocycles. The first-order valence-electron chi connectivity index (χ1n) is 7.05. The van der Waals surface area contributed by atoms with Gasteiger partial charge in [-0.1, -0.05) is 25.4 Å². The van der Waals surface area contributed by atoms with E-state index in [0.717, 1.165) is 12.1 Å². The Morgan fingerprint density at radius 3 is 2.58 bits per heavy atom. The molecule has 0 aliphatic heterocycles. The zero-order valence-corrected chi connectivity index (χ0v) is 12.9. The van der Waals surface area contributed by atoms with Crippen LogP contribution in [0, 0.1) is 5.41 Å². The van der Waals surface area contributed by atoms with Crippen molar-refractivity contribution in [3.63, 3.8) is 0 Å². The summed E-state index contributed by atoms with van der Waals surface area (Å²) >= 11 is 5.99. The van der Waals surface area contributed by atoms with Gasteiger partial charge in [0.15, 0.2) is 0 Å². The molecule has 0 unspecified atom stereocenters. The Kier molecular flexibility index (Phi) is 4.42. The molecule has 2 nitrogen and oxygen atoms in total. The molecule has 0 atom stereocenters. The smallest absolute Gasteiger partial charge is 0.120 e. The second-order valence-electron chi connectivity index (χ2n) is 6.58. The Morgan fingerprint density at radius 2 is 1.95 bits per heavy atom. The van der Waals surface area contributed by atoms with E-state index in [1.54, 1.807) is 12.1 Å². The molecule has 3 heteroatoms. The van der Waals surface area contributed by atoms with Crippen LogP contribution < -0.4 is 0 Å². The van der Waals surface area contributed by atoms with E-state index in [4.69, 9.17) is 11.6 Å². The molecule has 0 heterocycles. The number of nitrogens with zero attached hydrogens (tertiary/aromatic N) is 1. The molecule has 0 radical (unpaired) electrons. The van der Waals surface area contributed by atoms with Crippen LogP contribution in [-0.2, 0) is 6.54 Å². The van der Waals surface area contributed by atoms with E-state index in [1.165, 1.54) is 25.7 Å². The van der Waals surface area contributed by atoms with Gasteiger partial charge in [0.25, 0.3) is 0 Å². The van der Waals surface area contributed by atoms with E-state index >= 15 is 0 Å². The lowest BCUT2D eigenvalue weighted by atomic mass is 9.75. The first-order chi connectivity index (χ1) is 8.87. The van der Waals surface area contributed by atoms with Crippen LogP contribution in [0.4, 0.5) is 0 Å². The summed E-state index contributed by atoms with van der Waals surface area (Å²) in [4.78, 5) is 2.35. The van der Waals surface area contributed by atoms with Gasteiger partial charge in [-0.15, -0.1) is 0 Å². The molecule has 2 rings (SSSR count). The molecular formula is C16H24ClNO. The summed E-state index contributed by atoms with van der Waals surface area (Å²) in [7, 11) is 2.14. The largest absolute Gasteiger partial charge is 0.508 e. The first-order valence-corrected chi connectivity index (χ1v) is 7.43. The average molecular weight is 282 g/mol. The average Bonchev–Trinajstić information content (AvgIpc) is 2.33. The molecule has 0 spiro atoms. The zero-order chi connectivity index (χ0) is 14.0. The summed E-state index contributed by atoms with van der Waals surface area (Å²) < 4.78 is 0. The summed E-state index contributed by atoms with van der Waals surface area (Å²) in [6.07, 6.45) is 5.04. The van der Waals surface area contributed by atoms with E-state index in [0.29, 0.717) is 22.2 Å². The minimum absolute atomic E-state index is 0.340. The van der Waals surface area contributed by atoms with Gasteiger partial charge in [0.2, 0.25) is 0 Å². The fourth-order valence-corrected chi connectivity index (χ4v) is 3.10. The molecule has 1 saturated carbocycles. The van der Waals surface area contributed by atoms with Gasteiger partial charge in [-0.3, -0.25) is 4.90 Å². The molecule has 1 fully saturated rings. The van der Waals surface area contributed by atoms with E-state index < -0.39 is 0 Å². The zero-order valence-electron chi connectivity index (χ0n) is 12.1. The van der Waals surface area contributed by atoms with E-state index in [1.807, 2.05) is 6.07 Å². The maximum absolute atomic E-state index is 9.88. The number of rotatable bonds is 3. The van der Waals surface area contributed by atoms with Gasteiger partial charge >= 0.3 is 0 Å². The fourth-order valence-electron chi connectivity index (χ4n) is 2.90. The summed E-state index contributed by atoms with van der Waals surface area (Å²) in [6.45, 7) is 5.47. The molecule has 0 bridgehead atoms. The first kappa shape index (κ1) is 14.7. The van der Waals surface area contributed by atoms with Crippen LogP contribution in [0.2, 0.25) is 5.02 Å². The van der Waals surface area contributed by atoms with Gasteiger partial charge in [-0.25, -0.2) is 0 Å². The minimum Gasteiger partial charge on any atom is -0.508 e. The Morgan fingerprint density at radius 1 is 1.32 bits per heavy atom. The van der Waals surface area contributed by atoms with Crippen molar-refractivity contribution in [2.45, 2.75) is 52.1 Å². The van der Waals surface area contributed by atoms with E-state index in [9.17, 15) is 5.11 Å². The maximum atomic E-state index is 9.88. The fraction of sp³-hybridized carbons (Fsp3) is 0.625. The van der Waals surface area contributed by atoms with Crippen LogP contribution in [0.3, 0.4) is 0 Å². The number of halogens is 1. The molecule has 19 heavy (non-hydrogen) atoms. The van der Waals surface area contributed by atoms with Gasteiger partial charge in [0, 0.05) is 23.2 Å². The predicted octanol–water partition coefficient (Wildman–Crippen LogP) is 4.45. The van der Waals surface area contributed by atoms with Crippen LogP contribution in [0.5, 0.6) is 5.75 Å². The number of hydrogen-bond donors (Lipinski definition) is 1. The van der Waals surface area contributed by atoms with Crippen molar-refractivity contribution in [2.24, 2.45) is 5.41 Å². The molecule has 106 valence electrons. The van der Waals surface area contributed by atoms with E-state index in [2.05, 4.69) is 25.8 Å². The summed E-state index contributed by atoms with van der Waals surface area (Å²) in [5.74, 6) is 0.340. The van der Waals surface area contributed by atoms with Crippen molar-refractivity contribution in [1.29, 1.82) is 0 Å². The quantitative estimate of drug-likeness (QED) is 0.885. The highest BCUT2D eigenvalue weighted by atomic mass is 35.5. The second kappa shape index (κ2) is 5.72. The van der Waals surface area contributed by atoms with Crippen LogP contribution in [0.1, 0.15) is 45.1 Å². The highest BCUT2D eigenvalue weighted by molar-refractivity contribution is 6.30. The number of phenols is 1. The van der Waals surface area contributed by atoms with Crippen molar-refractivity contribution in [3.8, 4) is 5.75 Å². The Balaban J connectivity index is 1.98. The number of aromatic hydroxyl groups is 1. The van der Waals surface area contributed by atoms with Crippen molar-refractivity contribution in [1.82, 2.24) is 4.90 Å². The highest BCUT2D eigenvalue weighted by Crippen LogP contribution is 2.37. The molecule has 0 aromatic heterocycles. The van der Waals surface area contributed by atoms with Crippen LogP contribution in [-0.4, -0.2) is 23.1 Å². The number of hydrogen-bond acceptors (Lipinski definition) is 2. The molecule has 0 saturated heterocycles. The van der Waals surface area contributed by atoms with Crippen molar-refractivity contribution >= 4 is 11.6 Å². The van der Waals surface area contributed by atoms with Crippen molar-refractivity contribution in [2.75, 3.05) is 7.05 Å². The third-order valence-electron chi connectivity index (χ3n) is 4.39. The molecule has 1 aliphatic carbocycles. The second-order valence-corrected chi connectivity index (χ2v) is 7.02. The number of phenolic OH excluding ortho intramolecular Hbond substituents is 1. The topological polar surface area (TPSA) is 23.5 Å². The van der Waals surface area contributed by atoms with Crippen molar-refractivity contribution in [3.05, 3.63) is 28.8 Å². The lowest BCUT2D eigenvalue weighted by Crippen LogP contribution is -2.36. The van der Waals surface area contributed by atoms with Crippen LogP contribution in [0.15, 0.2) is 18.2 Å². The lowest BCUT2D eigenvalue weighted by Gasteiger charge is -2.38. The van der Waals surface area contributed by atoms with Gasteiger partial charge < -0.3 is 5.11 Å². The summed E-state index contributed by atoms with van der Waals surface area (Å²) in [5.41, 5.74) is 1.41. The van der Waals surface area contributed by atoms with E-state index in [-0.39, 0.29) is 0 Å². The van der Waals surface area contributed by atoms with Crippen LogP contribution >= 0.6 is 11.6 Å². The summed E-state index contributed by atoms with van der Waals surface area (Å²) in [5, 5.41) is 10.6. The Bertz CT molecular complexity index is 434. The molecule has 1 N–H and O–H groups in total. The molecule has 1 aromatic rings. The third-order valence-corrected chi connectivity index (χ3v) is 4.63. The lowest BCUT2D eigenvalue weighted by molar-refractivity contribution is 0.122. The maximum Gasteiger partial charge on any atom is 0.120 e. The Hall–Kier alpha value is -0.730. The summed E-state index contributed by atoms with van der Waals surface area (Å²) in [6, 6.07) is 5.88. The minimum atomic E-state index is 0.340. The van der Waals surface area contributed by atoms with Crippen LogP contribution in [0.25, 0.3) is 0 Å². The van der Waals surface area contributed by atoms with Gasteiger partial charge in [-0.05, 0) is 56.3 Å². The molecule has 0 amide bonds. The van der Waals surface area contributed by atoms with Gasteiger partial charge in [-0.2, -0.15) is 0 Å². The SMILES string of the molecule is CN(Cc1cc(Cl)ccc1O)C1CCC(C)(C)CC1. The molecule has 1 aliphatic rings. The standard InChI is InChI=1S/C16H24ClNO/c1-16(2)8-6-14(7-9-16)18(3)11-12-10-13(17)4-5-15(12)19/h4-5,10,14,19H,6-9,11H2,1-3H3. The van der Waals surface area contributed by atoms with Crippen molar-refractivity contribution < 1.29 is 5.11 Å². The molecular weight excluding hydrogens is 258 g/mol. The predicted molar refractivity (Wildman–Crippen MR) is 80.6 cm³/mol. The Labute approximate surface area is 121 Å². The highest BCUT2D eigenvalue weighted by Gasteiger charge is 2.28. The third kappa shape index (κ3) is 3.87. The number of benzene rings is 1. The normalized spacial score (nSPS) is 19.8. The monoisotopic (exact) mass is 281 g/mol.